The van der Waals surface area contributed by atoms with Crippen molar-refractivity contribution >= 4 is 10.9 Å². The third-order valence-corrected chi connectivity index (χ3v) is 7.22. The number of piperidine rings is 1. The summed E-state index contributed by atoms with van der Waals surface area (Å²) in [5.41, 5.74) is 6.42. The largest absolute Gasteiger partial charge is 0.493 e. The van der Waals surface area contributed by atoms with Crippen LogP contribution in [0.25, 0.3) is 22.2 Å². The van der Waals surface area contributed by atoms with Gasteiger partial charge in [0.05, 0.1) is 12.3 Å². The van der Waals surface area contributed by atoms with E-state index in [1.165, 1.54) is 65.6 Å². The van der Waals surface area contributed by atoms with Gasteiger partial charge in [0.2, 0.25) is 0 Å². The molecule has 3 aromatic carbocycles. The minimum absolute atomic E-state index is 0.710. The first-order chi connectivity index (χ1) is 16.9. The molecular weight excluding hydrogens is 420 g/mol. The molecule has 1 fully saturated rings. The highest BCUT2D eigenvalue weighted by molar-refractivity contribution is 5.93. The second kappa shape index (κ2) is 9.55. The molecule has 4 nitrogen and oxygen atoms in total. The zero-order valence-electron chi connectivity index (χ0n) is 19.7. The van der Waals surface area contributed by atoms with Crippen LogP contribution in [0.5, 0.6) is 11.5 Å². The first-order valence-corrected chi connectivity index (χ1v) is 12.6. The van der Waals surface area contributed by atoms with Crippen molar-refractivity contribution in [2.45, 2.75) is 32.2 Å². The molecule has 0 spiro atoms. The van der Waals surface area contributed by atoms with Crippen molar-refractivity contribution in [1.29, 1.82) is 0 Å². The second-order valence-electron chi connectivity index (χ2n) is 9.42. The van der Waals surface area contributed by atoms with Gasteiger partial charge in [-0.1, -0.05) is 48.9 Å². The van der Waals surface area contributed by atoms with Crippen molar-refractivity contribution in [3.05, 3.63) is 83.9 Å². The van der Waals surface area contributed by atoms with E-state index in [1.807, 2.05) is 0 Å². The van der Waals surface area contributed by atoms with Crippen LogP contribution in [-0.2, 0) is 13.0 Å². The lowest BCUT2D eigenvalue weighted by atomic mass is 10.0. The molecule has 4 heteroatoms. The van der Waals surface area contributed by atoms with E-state index in [0.717, 1.165) is 37.6 Å². The number of para-hydroxylation sites is 2. The van der Waals surface area contributed by atoms with Crippen LogP contribution in [0.3, 0.4) is 0 Å². The van der Waals surface area contributed by atoms with E-state index in [0.29, 0.717) is 6.61 Å². The van der Waals surface area contributed by atoms with Crippen LogP contribution in [0, 0.1) is 0 Å². The summed E-state index contributed by atoms with van der Waals surface area (Å²) in [4.78, 5) is 2.52. The number of ether oxygens (including phenoxy) is 2. The highest BCUT2D eigenvalue weighted by atomic mass is 16.5. The first kappa shape index (κ1) is 21.3. The van der Waals surface area contributed by atoms with E-state index >= 15 is 0 Å². The maximum Gasteiger partial charge on any atom is 0.128 e. The van der Waals surface area contributed by atoms with E-state index in [1.54, 1.807) is 0 Å². The molecule has 0 N–H and O–H groups in total. The summed E-state index contributed by atoms with van der Waals surface area (Å²) in [5.74, 6) is 1.93. The summed E-state index contributed by atoms with van der Waals surface area (Å²) < 4.78 is 14.6. The highest BCUT2D eigenvalue weighted by Crippen LogP contribution is 2.41. The molecule has 0 amide bonds. The number of benzene rings is 3. The smallest absolute Gasteiger partial charge is 0.128 e. The maximum atomic E-state index is 6.11. The van der Waals surface area contributed by atoms with E-state index in [-0.39, 0.29) is 0 Å². The Morgan fingerprint density at radius 2 is 1.62 bits per heavy atom. The second-order valence-corrected chi connectivity index (χ2v) is 9.42. The fraction of sp³-hybridized carbons (Fsp3) is 0.333. The van der Waals surface area contributed by atoms with Crippen molar-refractivity contribution in [3.8, 4) is 22.8 Å². The molecule has 2 aliphatic heterocycles. The van der Waals surface area contributed by atoms with Gasteiger partial charge >= 0.3 is 0 Å². The number of fused-ring (bicyclic) bond motifs is 5. The average Bonchev–Trinajstić information content (AvgIpc) is 3.06. The van der Waals surface area contributed by atoms with Gasteiger partial charge < -0.3 is 14.0 Å². The lowest BCUT2D eigenvalue weighted by Gasteiger charge is -2.26. The number of likely N-dealkylation sites (tertiary alicyclic amines) is 1. The van der Waals surface area contributed by atoms with Gasteiger partial charge in [0.1, 0.15) is 18.1 Å². The predicted octanol–water partition coefficient (Wildman–Crippen LogP) is 6.16. The maximum absolute atomic E-state index is 6.11. The van der Waals surface area contributed by atoms with Crippen molar-refractivity contribution < 1.29 is 9.47 Å². The van der Waals surface area contributed by atoms with Gasteiger partial charge in [-0.15, -0.1) is 0 Å². The van der Waals surface area contributed by atoms with Gasteiger partial charge in [-0.05, 0) is 67.4 Å². The zero-order valence-corrected chi connectivity index (χ0v) is 19.7. The topological polar surface area (TPSA) is 26.6 Å². The molecule has 1 aromatic heterocycles. The number of nitrogens with zero attached hydrogens (tertiary/aromatic N) is 2. The van der Waals surface area contributed by atoms with Crippen LogP contribution < -0.4 is 9.47 Å². The molecule has 1 saturated heterocycles. The van der Waals surface area contributed by atoms with Crippen molar-refractivity contribution in [2.75, 3.05) is 32.8 Å². The van der Waals surface area contributed by atoms with Gasteiger partial charge in [0.15, 0.2) is 0 Å². The van der Waals surface area contributed by atoms with Crippen LogP contribution in [0.15, 0.2) is 72.8 Å². The number of aromatic nitrogens is 1. The highest BCUT2D eigenvalue weighted by Gasteiger charge is 2.23. The van der Waals surface area contributed by atoms with Crippen molar-refractivity contribution in [1.82, 2.24) is 9.47 Å². The van der Waals surface area contributed by atoms with Gasteiger partial charge in [-0.2, -0.15) is 0 Å². The summed E-state index contributed by atoms with van der Waals surface area (Å²) in [6, 6.07) is 25.9. The molecule has 34 heavy (non-hydrogen) atoms. The molecule has 174 valence electrons. The molecule has 0 saturated carbocycles. The molecule has 0 radical (unpaired) electrons. The fourth-order valence-electron chi connectivity index (χ4n) is 5.50. The third-order valence-electron chi connectivity index (χ3n) is 7.22. The van der Waals surface area contributed by atoms with Crippen LogP contribution in [0.2, 0.25) is 0 Å². The number of hydrogen-bond donors (Lipinski definition) is 0. The van der Waals surface area contributed by atoms with Gasteiger partial charge in [-0.3, -0.25) is 4.90 Å². The third kappa shape index (κ3) is 4.19. The Morgan fingerprint density at radius 3 is 2.50 bits per heavy atom. The fourth-order valence-corrected chi connectivity index (χ4v) is 5.50. The Kier molecular flexibility index (Phi) is 5.99. The minimum atomic E-state index is 0.710. The SMILES string of the molecule is c1ccc2c(c1)OCCc1c-2n(Cc2ccc(OCCN3CCCCC3)cc2)c2ccccc12. The quantitative estimate of drug-likeness (QED) is 0.351. The lowest BCUT2D eigenvalue weighted by Crippen LogP contribution is -2.33. The van der Waals surface area contributed by atoms with Crippen molar-refractivity contribution in [2.24, 2.45) is 0 Å². The van der Waals surface area contributed by atoms with E-state index in [4.69, 9.17) is 9.47 Å². The Bertz CT molecular complexity index is 1270. The predicted molar refractivity (Wildman–Crippen MR) is 138 cm³/mol. The Morgan fingerprint density at radius 1 is 0.824 bits per heavy atom. The molecule has 4 aromatic rings. The van der Waals surface area contributed by atoms with Gasteiger partial charge in [0.25, 0.3) is 0 Å². The van der Waals surface area contributed by atoms with E-state index < -0.39 is 0 Å². The van der Waals surface area contributed by atoms with Crippen LogP contribution >= 0.6 is 0 Å². The van der Waals surface area contributed by atoms with E-state index in [9.17, 15) is 0 Å². The number of hydrogen-bond acceptors (Lipinski definition) is 3. The normalized spacial score (nSPS) is 15.9. The first-order valence-electron chi connectivity index (χ1n) is 12.6. The van der Waals surface area contributed by atoms with Crippen molar-refractivity contribution in [3.63, 3.8) is 0 Å². The lowest BCUT2D eigenvalue weighted by molar-refractivity contribution is 0.183. The van der Waals surface area contributed by atoms with Crippen LogP contribution in [-0.4, -0.2) is 42.3 Å². The molecule has 0 bridgehead atoms. The standard InChI is InChI=1S/C30H32N2O2/c1-6-17-31(18-7-1)19-21-33-24-14-12-23(13-15-24)22-32-28-10-4-2-8-25(28)26-16-20-34-29-11-5-3-9-27(29)30(26)32/h2-5,8-15H,1,6-7,16-22H2. The summed E-state index contributed by atoms with van der Waals surface area (Å²) in [5, 5.41) is 1.33. The molecule has 0 aliphatic carbocycles. The van der Waals surface area contributed by atoms with Crippen LogP contribution in [0.1, 0.15) is 30.4 Å². The molecule has 0 atom stereocenters. The monoisotopic (exact) mass is 452 g/mol. The number of rotatable bonds is 6. The molecule has 2 aliphatic rings. The Balaban J connectivity index is 1.26. The van der Waals surface area contributed by atoms with E-state index in [2.05, 4.69) is 82.3 Å². The summed E-state index contributed by atoms with van der Waals surface area (Å²) >= 11 is 0. The Labute approximate surface area is 201 Å². The van der Waals surface area contributed by atoms with Gasteiger partial charge in [-0.25, -0.2) is 0 Å². The minimum Gasteiger partial charge on any atom is -0.493 e. The summed E-state index contributed by atoms with van der Waals surface area (Å²) in [6.45, 7) is 5.73. The van der Waals surface area contributed by atoms with Gasteiger partial charge in [0, 0.05) is 36.0 Å². The molecule has 6 rings (SSSR count). The zero-order chi connectivity index (χ0) is 22.7. The summed E-state index contributed by atoms with van der Waals surface area (Å²) in [7, 11) is 0. The molecule has 0 unspecified atom stereocenters. The summed E-state index contributed by atoms with van der Waals surface area (Å²) in [6.07, 6.45) is 4.94. The molecular formula is C30H32N2O2. The average molecular weight is 453 g/mol. The molecule has 3 heterocycles. The van der Waals surface area contributed by atoms with Crippen LogP contribution in [0.4, 0.5) is 0 Å². The Hall–Kier alpha value is -3.24.